The molecule has 3 aromatic rings. The summed E-state index contributed by atoms with van der Waals surface area (Å²) in [5.41, 5.74) is 2.27. The van der Waals surface area contributed by atoms with Crippen LogP contribution in [0, 0.1) is 0 Å². The highest BCUT2D eigenvalue weighted by Crippen LogP contribution is 2.19. The molecule has 0 aliphatic carbocycles. The number of fused-ring (bicyclic) bond motifs is 1. The number of hydrogen-bond acceptors (Lipinski definition) is 3. The summed E-state index contributed by atoms with van der Waals surface area (Å²) in [6, 6.07) is 12.3. The average Bonchev–Trinajstić information content (AvgIpc) is 3.01. The fourth-order valence-electron chi connectivity index (χ4n) is 2.30. The first-order valence-electron chi connectivity index (χ1n) is 6.98. The minimum atomic E-state index is 0.852. The van der Waals surface area contributed by atoms with Gasteiger partial charge in [0.15, 0.2) is 5.82 Å². The van der Waals surface area contributed by atoms with E-state index < -0.39 is 0 Å². The fourth-order valence-corrected chi connectivity index (χ4v) is 2.30. The quantitative estimate of drug-likeness (QED) is 0.722. The first-order valence-corrected chi connectivity index (χ1v) is 6.98. The van der Waals surface area contributed by atoms with Crippen LogP contribution in [0.25, 0.3) is 16.7 Å². The molecule has 2 heterocycles. The van der Waals surface area contributed by atoms with Gasteiger partial charge in [-0.05, 0) is 36.7 Å². The van der Waals surface area contributed by atoms with Crippen LogP contribution in [0.1, 0.15) is 18.9 Å². The molecule has 0 aliphatic rings. The topological polar surface area (TPSA) is 42.7 Å². The number of hydrogen-bond donors (Lipinski definition) is 1. The first-order chi connectivity index (χ1) is 9.88. The van der Waals surface area contributed by atoms with Crippen LogP contribution in [-0.4, -0.2) is 21.3 Å². The Balaban J connectivity index is 2.05. The Morgan fingerprint density at radius 1 is 1.20 bits per heavy atom. The van der Waals surface area contributed by atoms with Gasteiger partial charge in [0.1, 0.15) is 0 Å². The predicted octanol–water partition coefficient (Wildman–Crippen LogP) is 2.92. The molecule has 0 unspecified atom stereocenters. The molecule has 4 heteroatoms. The van der Waals surface area contributed by atoms with E-state index in [9.17, 15) is 0 Å². The van der Waals surface area contributed by atoms with Crippen LogP contribution in [0.5, 0.6) is 0 Å². The number of aromatic nitrogens is 3. The molecule has 0 saturated carbocycles. The number of benzene rings is 1. The summed E-state index contributed by atoms with van der Waals surface area (Å²) >= 11 is 0. The molecule has 2 aromatic heterocycles. The summed E-state index contributed by atoms with van der Waals surface area (Å²) < 4.78 is 1.80. The maximum absolute atomic E-state index is 4.68. The van der Waals surface area contributed by atoms with Gasteiger partial charge in [-0.3, -0.25) is 0 Å². The molecule has 0 radical (unpaired) electrons. The maximum atomic E-state index is 4.68. The van der Waals surface area contributed by atoms with Crippen LogP contribution in [-0.2, 0) is 6.54 Å². The molecule has 3 rings (SSSR count). The van der Waals surface area contributed by atoms with Gasteiger partial charge in [0.05, 0.1) is 5.52 Å². The van der Waals surface area contributed by atoms with Crippen molar-refractivity contribution in [3.63, 3.8) is 0 Å². The van der Waals surface area contributed by atoms with Crippen molar-refractivity contribution in [3.8, 4) is 5.82 Å². The third-order valence-electron chi connectivity index (χ3n) is 3.27. The van der Waals surface area contributed by atoms with Crippen LogP contribution in [0.3, 0.4) is 0 Å². The zero-order chi connectivity index (χ0) is 13.8. The summed E-state index contributed by atoms with van der Waals surface area (Å²) in [6.07, 6.45) is 4.82. The van der Waals surface area contributed by atoms with Gasteiger partial charge < -0.3 is 5.32 Å². The van der Waals surface area contributed by atoms with E-state index >= 15 is 0 Å². The zero-order valence-corrected chi connectivity index (χ0v) is 11.6. The molecule has 0 bridgehead atoms. The van der Waals surface area contributed by atoms with E-state index in [0.29, 0.717) is 0 Å². The molecule has 1 N–H and O–H groups in total. The lowest BCUT2D eigenvalue weighted by Gasteiger charge is -2.10. The van der Waals surface area contributed by atoms with E-state index in [2.05, 4.69) is 40.5 Å². The van der Waals surface area contributed by atoms with Crippen molar-refractivity contribution in [2.75, 3.05) is 6.54 Å². The first kappa shape index (κ1) is 12.8. The van der Waals surface area contributed by atoms with Gasteiger partial charge in [0, 0.05) is 24.3 Å². The zero-order valence-electron chi connectivity index (χ0n) is 11.6. The smallest absolute Gasteiger partial charge is 0.154 e. The molecule has 1 aromatic carbocycles. The van der Waals surface area contributed by atoms with E-state index in [4.69, 9.17) is 0 Å². The van der Waals surface area contributed by atoms with Gasteiger partial charge in [-0.25, -0.2) is 9.67 Å². The van der Waals surface area contributed by atoms with Gasteiger partial charge in [0.2, 0.25) is 0 Å². The van der Waals surface area contributed by atoms with Gasteiger partial charge in [-0.15, -0.1) is 0 Å². The summed E-state index contributed by atoms with van der Waals surface area (Å²) in [5, 5.41) is 8.92. The molecule has 4 nitrogen and oxygen atoms in total. The molecule has 0 fully saturated rings. The number of nitrogens with one attached hydrogen (secondary N) is 1. The van der Waals surface area contributed by atoms with Crippen LogP contribution in [0.2, 0.25) is 0 Å². The van der Waals surface area contributed by atoms with Crippen LogP contribution in [0.4, 0.5) is 0 Å². The summed E-state index contributed by atoms with van der Waals surface area (Å²) in [6.45, 7) is 4.05. The Labute approximate surface area is 118 Å². The van der Waals surface area contributed by atoms with Crippen LogP contribution < -0.4 is 5.32 Å². The van der Waals surface area contributed by atoms with Crippen LogP contribution in [0.15, 0.2) is 48.8 Å². The molecule has 0 amide bonds. The molecule has 0 aliphatic heterocycles. The van der Waals surface area contributed by atoms with E-state index in [1.807, 2.05) is 24.4 Å². The van der Waals surface area contributed by atoms with Crippen molar-refractivity contribution in [2.24, 2.45) is 0 Å². The monoisotopic (exact) mass is 266 g/mol. The minimum absolute atomic E-state index is 0.852. The van der Waals surface area contributed by atoms with Crippen molar-refractivity contribution in [3.05, 3.63) is 54.4 Å². The highest BCUT2D eigenvalue weighted by Gasteiger charge is 2.06. The Hall–Kier alpha value is -2.20. The highest BCUT2D eigenvalue weighted by atomic mass is 15.3. The second-order valence-electron chi connectivity index (χ2n) is 4.78. The van der Waals surface area contributed by atoms with Crippen molar-refractivity contribution in [2.45, 2.75) is 19.9 Å². The van der Waals surface area contributed by atoms with E-state index in [-0.39, 0.29) is 0 Å². The van der Waals surface area contributed by atoms with E-state index in [1.54, 1.807) is 10.9 Å². The highest BCUT2D eigenvalue weighted by molar-refractivity contribution is 5.83. The molecule has 20 heavy (non-hydrogen) atoms. The fraction of sp³-hybridized carbons (Fsp3) is 0.250. The number of para-hydroxylation sites is 1. The third-order valence-corrected chi connectivity index (χ3v) is 3.27. The van der Waals surface area contributed by atoms with Gasteiger partial charge in [0.25, 0.3) is 0 Å². The lowest BCUT2D eigenvalue weighted by Crippen LogP contribution is -2.14. The largest absolute Gasteiger partial charge is 0.313 e. The lowest BCUT2D eigenvalue weighted by molar-refractivity contribution is 0.677. The molecule has 0 saturated heterocycles. The van der Waals surface area contributed by atoms with Crippen molar-refractivity contribution in [1.29, 1.82) is 0 Å². The number of nitrogens with zero attached hydrogens (tertiary/aromatic N) is 3. The predicted molar refractivity (Wildman–Crippen MR) is 80.9 cm³/mol. The Kier molecular flexibility index (Phi) is 3.74. The Morgan fingerprint density at radius 2 is 2.10 bits per heavy atom. The van der Waals surface area contributed by atoms with Crippen molar-refractivity contribution < 1.29 is 0 Å². The van der Waals surface area contributed by atoms with Crippen molar-refractivity contribution in [1.82, 2.24) is 20.1 Å². The molecular weight excluding hydrogens is 248 g/mol. The summed E-state index contributed by atoms with van der Waals surface area (Å²) in [4.78, 5) is 4.68. The second-order valence-corrected chi connectivity index (χ2v) is 4.78. The third kappa shape index (κ3) is 2.56. The molecular formula is C16H18N4. The normalized spacial score (nSPS) is 11.1. The van der Waals surface area contributed by atoms with Gasteiger partial charge in [-0.1, -0.05) is 25.1 Å². The van der Waals surface area contributed by atoms with E-state index in [1.165, 1.54) is 10.9 Å². The number of rotatable bonds is 5. The second kappa shape index (κ2) is 5.84. The lowest BCUT2D eigenvalue weighted by atomic mass is 10.1. The standard InChI is InChI=1S/C16H18N4/c1-2-8-17-12-13-11-16(20-10-5-9-18-20)19-15-7-4-3-6-14(13)15/h3-7,9-11,17H,2,8,12H2,1H3. The van der Waals surface area contributed by atoms with Gasteiger partial charge >= 0.3 is 0 Å². The molecule has 102 valence electrons. The SMILES string of the molecule is CCCNCc1cc(-n2cccn2)nc2ccccc12. The average molecular weight is 266 g/mol. The maximum Gasteiger partial charge on any atom is 0.154 e. The Morgan fingerprint density at radius 3 is 2.90 bits per heavy atom. The summed E-state index contributed by atoms with van der Waals surface area (Å²) in [7, 11) is 0. The molecule has 0 atom stereocenters. The summed E-state index contributed by atoms with van der Waals surface area (Å²) in [5.74, 6) is 0.863. The van der Waals surface area contributed by atoms with Crippen molar-refractivity contribution >= 4 is 10.9 Å². The van der Waals surface area contributed by atoms with Crippen LogP contribution >= 0.6 is 0 Å². The minimum Gasteiger partial charge on any atom is -0.313 e. The molecule has 0 spiro atoms. The van der Waals surface area contributed by atoms with E-state index in [0.717, 1.165) is 30.8 Å². The Bertz CT molecular complexity index is 689. The van der Waals surface area contributed by atoms with Gasteiger partial charge in [-0.2, -0.15) is 5.10 Å². The number of pyridine rings is 1.